The van der Waals surface area contributed by atoms with Crippen LogP contribution in [0.25, 0.3) is 11.1 Å². The third-order valence-electron chi connectivity index (χ3n) is 3.35. The van der Waals surface area contributed by atoms with Crippen LogP contribution < -0.4 is 16.6 Å². The van der Waals surface area contributed by atoms with Gasteiger partial charge in [0.15, 0.2) is 0 Å². The van der Waals surface area contributed by atoms with Crippen molar-refractivity contribution < 1.29 is 9.53 Å². The number of benzene rings is 1. The fraction of sp³-hybridized carbons (Fsp3) is 0.222. The molecule has 0 atom stereocenters. The van der Waals surface area contributed by atoms with Gasteiger partial charge in [-0.15, -0.1) is 0 Å². The summed E-state index contributed by atoms with van der Waals surface area (Å²) in [6.07, 6.45) is -0.725. The lowest BCUT2D eigenvalue weighted by Gasteiger charge is -2.21. The fourth-order valence-corrected chi connectivity index (χ4v) is 2.73. The van der Waals surface area contributed by atoms with Crippen LogP contribution in [0.15, 0.2) is 27.5 Å². The monoisotopic (exact) mass is 429 g/mol. The van der Waals surface area contributed by atoms with Crippen molar-refractivity contribution in [3.63, 3.8) is 0 Å². The number of hydrogen-bond donors (Lipinski definition) is 3. The number of rotatable bonds is 2. The average molecular weight is 430 g/mol. The molecule has 0 aliphatic rings. The molecule has 1 aromatic heterocycles. The summed E-state index contributed by atoms with van der Waals surface area (Å²) < 4.78 is 5.88. The van der Waals surface area contributed by atoms with Crippen LogP contribution in [-0.4, -0.2) is 16.7 Å². The Balaban J connectivity index is 2.72. The summed E-state index contributed by atoms with van der Waals surface area (Å²) in [6, 6.07) is 8.47. The van der Waals surface area contributed by atoms with Crippen LogP contribution in [0.4, 0.5) is 16.3 Å². The van der Waals surface area contributed by atoms with Crippen molar-refractivity contribution in [2.45, 2.75) is 26.4 Å². The molecule has 138 valence electrons. The van der Waals surface area contributed by atoms with E-state index in [1.165, 1.54) is 0 Å². The molecule has 0 saturated carbocycles. The highest BCUT2D eigenvalue weighted by Crippen LogP contribution is 2.35. The number of hydrogen-bond acceptors (Lipinski definition) is 6. The van der Waals surface area contributed by atoms with Gasteiger partial charge in [-0.25, -0.2) is 4.79 Å². The molecule has 4 N–H and O–H groups in total. The molecular weight excluding hydrogens is 414 g/mol. The Morgan fingerprint density at radius 2 is 1.89 bits per heavy atom. The lowest BCUT2D eigenvalue weighted by atomic mass is 9.95. The maximum Gasteiger partial charge on any atom is 0.412 e. The molecule has 0 bridgehead atoms. The van der Waals surface area contributed by atoms with Crippen LogP contribution in [0, 0.1) is 22.7 Å². The standard InChI is InChI=1S/C18H16BrN5O3/c1-18(2,3)27-17(26)23-13-6-9(19)4-5-10(13)14-11(7-20)15(22)24-16(25)12(14)8-21/h4-6H,1-3H3,(H,23,26)(H3,22,24,25). The van der Waals surface area contributed by atoms with Gasteiger partial charge in [-0.3, -0.25) is 10.1 Å². The highest BCUT2D eigenvalue weighted by Gasteiger charge is 2.23. The van der Waals surface area contributed by atoms with E-state index >= 15 is 0 Å². The molecule has 0 saturated heterocycles. The highest BCUT2D eigenvalue weighted by atomic mass is 79.9. The number of nitrogens with one attached hydrogen (secondary N) is 2. The maximum atomic E-state index is 12.2. The van der Waals surface area contributed by atoms with Crippen molar-refractivity contribution >= 4 is 33.5 Å². The molecule has 0 aliphatic heterocycles. The van der Waals surface area contributed by atoms with Gasteiger partial charge >= 0.3 is 6.09 Å². The topological polar surface area (TPSA) is 145 Å². The second-order valence-corrected chi connectivity index (χ2v) is 7.45. The van der Waals surface area contributed by atoms with Crippen molar-refractivity contribution in [2.24, 2.45) is 0 Å². The van der Waals surface area contributed by atoms with E-state index in [0.29, 0.717) is 4.47 Å². The second kappa shape index (κ2) is 7.52. The summed E-state index contributed by atoms with van der Waals surface area (Å²) in [5.41, 5.74) is 4.53. The normalized spacial score (nSPS) is 10.6. The van der Waals surface area contributed by atoms with Gasteiger partial charge in [-0.1, -0.05) is 22.0 Å². The average Bonchev–Trinajstić information content (AvgIpc) is 2.52. The molecule has 0 radical (unpaired) electrons. The molecule has 9 heteroatoms. The predicted molar refractivity (Wildman–Crippen MR) is 104 cm³/mol. The lowest BCUT2D eigenvalue weighted by molar-refractivity contribution is 0.0636. The number of carbonyl (C=O) groups excluding carboxylic acids is 1. The van der Waals surface area contributed by atoms with Crippen LogP contribution in [0.2, 0.25) is 0 Å². The minimum absolute atomic E-state index is 0.0415. The minimum Gasteiger partial charge on any atom is -0.444 e. The number of nitriles is 2. The number of carbonyl (C=O) groups is 1. The predicted octanol–water partition coefficient (Wildman–Crippen LogP) is 3.48. The highest BCUT2D eigenvalue weighted by molar-refractivity contribution is 9.10. The first kappa shape index (κ1) is 20.0. The lowest BCUT2D eigenvalue weighted by Crippen LogP contribution is -2.27. The van der Waals surface area contributed by atoms with Crippen molar-refractivity contribution in [2.75, 3.05) is 11.1 Å². The number of nitrogens with zero attached hydrogens (tertiary/aromatic N) is 2. The van der Waals surface area contributed by atoms with E-state index in [2.05, 4.69) is 26.2 Å². The van der Waals surface area contributed by atoms with E-state index in [1.54, 1.807) is 45.0 Å². The van der Waals surface area contributed by atoms with Gasteiger partial charge in [0, 0.05) is 15.6 Å². The molecule has 0 aliphatic carbocycles. The summed E-state index contributed by atoms with van der Waals surface area (Å²) >= 11 is 3.31. The van der Waals surface area contributed by atoms with Gasteiger partial charge < -0.3 is 15.5 Å². The minimum atomic E-state index is -0.727. The number of nitrogen functional groups attached to an aromatic ring is 1. The molecule has 8 nitrogen and oxygen atoms in total. The van der Waals surface area contributed by atoms with Crippen molar-refractivity contribution in [3.05, 3.63) is 44.2 Å². The van der Waals surface area contributed by atoms with Gasteiger partial charge in [0.05, 0.1) is 5.69 Å². The number of pyridine rings is 1. The molecule has 1 heterocycles. The zero-order valence-electron chi connectivity index (χ0n) is 14.8. The Morgan fingerprint density at radius 3 is 2.44 bits per heavy atom. The second-order valence-electron chi connectivity index (χ2n) is 6.53. The third-order valence-corrected chi connectivity index (χ3v) is 3.85. The maximum absolute atomic E-state index is 12.2. The van der Waals surface area contributed by atoms with Gasteiger partial charge in [0.2, 0.25) is 0 Å². The number of nitrogens with two attached hydrogens (primary N) is 1. The van der Waals surface area contributed by atoms with Crippen molar-refractivity contribution in [3.8, 4) is 23.3 Å². The Morgan fingerprint density at radius 1 is 1.26 bits per heavy atom. The van der Waals surface area contributed by atoms with Gasteiger partial charge in [-0.2, -0.15) is 10.5 Å². The summed E-state index contributed by atoms with van der Waals surface area (Å²) in [7, 11) is 0. The summed E-state index contributed by atoms with van der Waals surface area (Å²) in [4.78, 5) is 26.6. The Hall–Kier alpha value is -3.30. The van der Waals surface area contributed by atoms with Crippen LogP contribution in [-0.2, 0) is 4.74 Å². The fourth-order valence-electron chi connectivity index (χ4n) is 2.36. The Bertz CT molecular complexity index is 1050. The first-order valence-electron chi connectivity index (χ1n) is 7.73. The zero-order valence-corrected chi connectivity index (χ0v) is 16.4. The molecule has 0 spiro atoms. The van der Waals surface area contributed by atoms with Crippen molar-refractivity contribution in [1.29, 1.82) is 10.5 Å². The van der Waals surface area contributed by atoms with E-state index in [1.807, 2.05) is 6.07 Å². The number of H-pyrrole nitrogens is 1. The SMILES string of the molecule is CC(C)(C)OC(=O)Nc1cc(Br)ccc1-c1c(C#N)c(N)[nH]c(=O)c1C#N. The first-order chi connectivity index (χ1) is 12.6. The van der Waals surface area contributed by atoms with Crippen LogP contribution in [0.3, 0.4) is 0 Å². The summed E-state index contributed by atoms with van der Waals surface area (Å²) in [5, 5.41) is 21.5. The van der Waals surface area contributed by atoms with Crippen LogP contribution in [0.1, 0.15) is 31.9 Å². The van der Waals surface area contributed by atoms with E-state index in [-0.39, 0.29) is 33.8 Å². The number of aromatic amines is 1. The Kier molecular flexibility index (Phi) is 5.58. The Labute approximate surface area is 163 Å². The first-order valence-corrected chi connectivity index (χ1v) is 8.52. The molecule has 2 rings (SSSR count). The molecule has 1 amide bonds. The number of halogens is 1. The molecule has 0 unspecified atom stereocenters. The van der Waals surface area contributed by atoms with Gasteiger partial charge in [-0.05, 0) is 32.9 Å². The third kappa shape index (κ3) is 4.46. The van der Waals surface area contributed by atoms with Crippen LogP contribution >= 0.6 is 15.9 Å². The van der Waals surface area contributed by atoms with E-state index in [4.69, 9.17) is 10.5 Å². The molecule has 1 aromatic carbocycles. The van der Waals surface area contributed by atoms with E-state index < -0.39 is 17.3 Å². The number of anilines is 2. The van der Waals surface area contributed by atoms with Crippen molar-refractivity contribution in [1.82, 2.24) is 4.98 Å². The van der Waals surface area contributed by atoms with E-state index in [9.17, 15) is 20.1 Å². The van der Waals surface area contributed by atoms with Gasteiger partial charge in [0.25, 0.3) is 5.56 Å². The molecule has 27 heavy (non-hydrogen) atoms. The molecular formula is C18H16BrN5O3. The summed E-state index contributed by atoms with van der Waals surface area (Å²) in [5.74, 6) is -0.164. The smallest absolute Gasteiger partial charge is 0.412 e. The molecule has 0 fully saturated rings. The summed E-state index contributed by atoms with van der Waals surface area (Å²) in [6.45, 7) is 5.15. The number of amides is 1. The molecule has 2 aromatic rings. The van der Waals surface area contributed by atoms with Gasteiger partial charge in [0.1, 0.15) is 34.7 Å². The van der Waals surface area contributed by atoms with Crippen LogP contribution in [0.5, 0.6) is 0 Å². The number of aromatic nitrogens is 1. The number of ether oxygens (including phenoxy) is 1. The largest absolute Gasteiger partial charge is 0.444 e. The quantitative estimate of drug-likeness (QED) is 0.665. The zero-order chi connectivity index (χ0) is 20.4. The van der Waals surface area contributed by atoms with E-state index in [0.717, 1.165) is 0 Å².